The molecule has 19 heavy (non-hydrogen) atoms. The third kappa shape index (κ3) is 3.56. The number of hydrogen-bond acceptors (Lipinski definition) is 4. The second-order valence-corrected chi connectivity index (χ2v) is 7.44. The van der Waals surface area contributed by atoms with Crippen LogP contribution in [0.1, 0.15) is 17.8 Å². The molecule has 1 aromatic carbocycles. The number of primary sulfonamides is 1. The van der Waals surface area contributed by atoms with Gasteiger partial charge in [-0.15, -0.1) is 11.3 Å². The van der Waals surface area contributed by atoms with E-state index >= 15 is 0 Å². The fourth-order valence-corrected chi connectivity index (χ4v) is 3.98. The molecule has 0 amide bonds. The van der Waals surface area contributed by atoms with E-state index in [-0.39, 0.29) is 10.9 Å². The summed E-state index contributed by atoms with van der Waals surface area (Å²) >= 11 is 5.12. The van der Waals surface area contributed by atoms with Crippen molar-refractivity contribution in [2.45, 2.75) is 17.9 Å². The van der Waals surface area contributed by atoms with Gasteiger partial charge in [0, 0.05) is 15.0 Å². The lowest BCUT2D eigenvalue weighted by molar-refractivity contribution is 0.598. The maximum absolute atomic E-state index is 11.3. The number of rotatable bonds is 4. The molecule has 2 rings (SSSR count). The zero-order valence-electron chi connectivity index (χ0n) is 10.1. The standard InChI is InChI=1S/C12H13BrN2O2S2/c1-8(12-11(13)5-6-18-12)15-9-3-2-4-10(7-9)19(14,16)17/h2-8,15H,1H3,(H2,14,16,17). The molecule has 0 fully saturated rings. The molecule has 0 aliphatic carbocycles. The third-order valence-electron chi connectivity index (χ3n) is 2.58. The van der Waals surface area contributed by atoms with Crippen molar-refractivity contribution in [3.63, 3.8) is 0 Å². The second kappa shape index (κ2) is 5.62. The van der Waals surface area contributed by atoms with E-state index < -0.39 is 10.0 Å². The van der Waals surface area contributed by atoms with Gasteiger partial charge in [0.2, 0.25) is 10.0 Å². The van der Waals surface area contributed by atoms with Gasteiger partial charge in [-0.2, -0.15) is 0 Å². The Morgan fingerprint density at radius 1 is 1.37 bits per heavy atom. The van der Waals surface area contributed by atoms with Gasteiger partial charge in [-0.25, -0.2) is 13.6 Å². The molecule has 0 aliphatic rings. The first kappa shape index (κ1) is 14.5. The van der Waals surface area contributed by atoms with Crippen LogP contribution in [0.2, 0.25) is 0 Å². The smallest absolute Gasteiger partial charge is 0.238 e. The second-order valence-electron chi connectivity index (χ2n) is 4.07. The fourth-order valence-electron chi connectivity index (χ4n) is 1.69. The van der Waals surface area contributed by atoms with Crippen molar-refractivity contribution >= 4 is 43.0 Å². The lowest BCUT2D eigenvalue weighted by Gasteiger charge is -2.15. The lowest BCUT2D eigenvalue weighted by atomic mass is 10.2. The monoisotopic (exact) mass is 360 g/mol. The van der Waals surface area contributed by atoms with E-state index in [4.69, 9.17) is 5.14 Å². The summed E-state index contributed by atoms with van der Waals surface area (Å²) < 4.78 is 23.6. The zero-order chi connectivity index (χ0) is 14.0. The first-order valence-electron chi connectivity index (χ1n) is 5.50. The van der Waals surface area contributed by atoms with Gasteiger partial charge in [0.05, 0.1) is 10.9 Å². The molecule has 0 spiro atoms. The fraction of sp³-hybridized carbons (Fsp3) is 0.167. The Balaban J connectivity index is 2.23. The van der Waals surface area contributed by atoms with Gasteiger partial charge in [0.1, 0.15) is 0 Å². The minimum Gasteiger partial charge on any atom is -0.378 e. The molecule has 1 heterocycles. The van der Waals surface area contributed by atoms with Crippen LogP contribution in [0.5, 0.6) is 0 Å². The third-order valence-corrected chi connectivity index (χ3v) is 5.55. The van der Waals surface area contributed by atoms with Crippen molar-refractivity contribution in [1.29, 1.82) is 0 Å². The topological polar surface area (TPSA) is 72.2 Å². The van der Waals surface area contributed by atoms with E-state index in [1.165, 1.54) is 12.1 Å². The van der Waals surface area contributed by atoms with Crippen molar-refractivity contribution in [1.82, 2.24) is 0 Å². The van der Waals surface area contributed by atoms with Crippen LogP contribution in [0.3, 0.4) is 0 Å². The summed E-state index contributed by atoms with van der Waals surface area (Å²) in [6.07, 6.45) is 0. The number of benzene rings is 1. The summed E-state index contributed by atoms with van der Waals surface area (Å²) in [6.45, 7) is 2.01. The van der Waals surface area contributed by atoms with Gasteiger partial charge >= 0.3 is 0 Å². The molecule has 7 heteroatoms. The first-order valence-corrected chi connectivity index (χ1v) is 8.72. The molecular weight excluding hydrogens is 348 g/mol. The van der Waals surface area contributed by atoms with Crippen molar-refractivity contribution in [2.75, 3.05) is 5.32 Å². The largest absolute Gasteiger partial charge is 0.378 e. The van der Waals surface area contributed by atoms with Gasteiger partial charge in [0.15, 0.2) is 0 Å². The molecular formula is C12H13BrN2O2S2. The van der Waals surface area contributed by atoms with E-state index in [9.17, 15) is 8.42 Å². The van der Waals surface area contributed by atoms with Gasteiger partial charge in [0.25, 0.3) is 0 Å². The van der Waals surface area contributed by atoms with Crippen LogP contribution in [0, 0.1) is 0 Å². The molecule has 3 N–H and O–H groups in total. The average Bonchev–Trinajstić information content (AvgIpc) is 2.75. The number of thiophene rings is 1. The molecule has 0 radical (unpaired) electrons. The summed E-state index contributed by atoms with van der Waals surface area (Å²) in [7, 11) is -3.67. The predicted molar refractivity (Wildman–Crippen MR) is 81.9 cm³/mol. The van der Waals surface area contributed by atoms with Crippen LogP contribution in [0.4, 0.5) is 5.69 Å². The van der Waals surface area contributed by atoms with Gasteiger partial charge in [-0.05, 0) is 52.5 Å². The van der Waals surface area contributed by atoms with E-state index in [1.807, 2.05) is 24.4 Å². The molecule has 0 saturated carbocycles. The zero-order valence-corrected chi connectivity index (χ0v) is 13.3. The number of halogens is 1. The Kier molecular flexibility index (Phi) is 4.29. The van der Waals surface area contributed by atoms with Crippen LogP contribution in [-0.2, 0) is 10.0 Å². The summed E-state index contributed by atoms with van der Waals surface area (Å²) in [5.74, 6) is 0. The van der Waals surface area contributed by atoms with Gasteiger partial charge in [-0.1, -0.05) is 6.07 Å². The minimum absolute atomic E-state index is 0.0742. The number of nitrogens with one attached hydrogen (secondary N) is 1. The van der Waals surface area contributed by atoms with Crippen LogP contribution in [0.25, 0.3) is 0 Å². The molecule has 102 valence electrons. The minimum atomic E-state index is -3.67. The maximum Gasteiger partial charge on any atom is 0.238 e. The Hall–Kier alpha value is -0.890. The highest BCUT2D eigenvalue weighted by atomic mass is 79.9. The van der Waals surface area contributed by atoms with Crippen molar-refractivity contribution in [3.8, 4) is 0 Å². The normalized spacial score (nSPS) is 13.2. The molecule has 4 nitrogen and oxygen atoms in total. The Morgan fingerprint density at radius 3 is 2.68 bits per heavy atom. The van der Waals surface area contributed by atoms with Crippen LogP contribution in [-0.4, -0.2) is 8.42 Å². The highest BCUT2D eigenvalue weighted by Gasteiger charge is 2.12. The van der Waals surface area contributed by atoms with E-state index in [2.05, 4.69) is 21.2 Å². The van der Waals surface area contributed by atoms with Crippen LogP contribution < -0.4 is 10.5 Å². The Bertz CT molecular complexity index is 683. The number of nitrogens with two attached hydrogens (primary N) is 1. The molecule has 1 atom stereocenters. The van der Waals surface area contributed by atoms with Crippen molar-refractivity contribution < 1.29 is 8.42 Å². The first-order chi connectivity index (χ1) is 8.88. The van der Waals surface area contributed by atoms with E-state index in [0.29, 0.717) is 0 Å². The summed E-state index contributed by atoms with van der Waals surface area (Å²) in [5, 5.41) is 10.4. The molecule has 0 bridgehead atoms. The van der Waals surface area contributed by atoms with Crippen molar-refractivity contribution in [2.24, 2.45) is 5.14 Å². The highest BCUT2D eigenvalue weighted by Crippen LogP contribution is 2.31. The number of hydrogen-bond donors (Lipinski definition) is 2. The van der Waals surface area contributed by atoms with Gasteiger partial charge < -0.3 is 5.32 Å². The SMILES string of the molecule is CC(Nc1cccc(S(N)(=O)=O)c1)c1sccc1Br. The molecule has 1 aromatic heterocycles. The molecule has 0 aliphatic heterocycles. The molecule has 0 saturated heterocycles. The summed E-state index contributed by atoms with van der Waals surface area (Å²) in [4.78, 5) is 1.26. The number of anilines is 1. The van der Waals surface area contributed by atoms with E-state index in [0.717, 1.165) is 15.0 Å². The average molecular weight is 361 g/mol. The Labute approximate surface area is 124 Å². The highest BCUT2D eigenvalue weighted by molar-refractivity contribution is 9.10. The van der Waals surface area contributed by atoms with Crippen LogP contribution in [0.15, 0.2) is 45.1 Å². The van der Waals surface area contributed by atoms with Gasteiger partial charge in [-0.3, -0.25) is 0 Å². The predicted octanol–water partition coefficient (Wildman–Crippen LogP) is 3.33. The lowest BCUT2D eigenvalue weighted by Crippen LogP contribution is -2.13. The quantitative estimate of drug-likeness (QED) is 0.877. The summed E-state index contributed by atoms with van der Waals surface area (Å²) in [6, 6.07) is 8.55. The molecule has 2 aromatic rings. The Morgan fingerprint density at radius 2 is 2.11 bits per heavy atom. The van der Waals surface area contributed by atoms with Crippen LogP contribution >= 0.6 is 27.3 Å². The molecule has 1 unspecified atom stereocenters. The van der Waals surface area contributed by atoms with E-state index in [1.54, 1.807) is 17.4 Å². The maximum atomic E-state index is 11.3. The summed E-state index contributed by atoms with van der Waals surface area (Å²) in [5.41, 5.74) is 0.722. The number of sulfonamides is 1. The van der Waals surface area contributed by atoms with Crippen molar-refractivity contribution in [3.05, 3.63) is 45.1 Å².